The van der Waals surface area contributed by atoms with E-state index < -0.39 is 0 Å². The highest BCUT2D eigenvalue weighted by molar-refractivity contribution is 7.17. The van der Waals surface area contributed by atoms with Crippen molar-refractivity contribution in [3.63, 3.8) is 0 Å². The summed E-state index contributed by atoms with van der Waals surface area (Å²) in [6, 6.07) is 18.7. The van der Waals surface area contributed by atoms with E-state index in [1.807, 2.05) is 54.6 Å². The number of carbonyl (C=O) groups excluding carboxylic acids is 2. The topological polar surface area (TPSA) is 94.5 Å². The first-order valence-corrected chi connectivity index (χ1v) is 11.6. The molecule has 2 N–H and O–H groups in total. The van der Waals surface area contributed by atoms with E-state index in [2.05, 4.69) is 15.7 Å². The van der Waals surface area contributed by atoms with Crippen molar-refractivity contribution in [3.8, 4) is 21.9 Å². The van der Waals surface area contributed by atoms with Crippen molar-refractivity contribution >= 4 is 28.8 Å². The third-order valence-electron chi connectivity index (χ3n) is 5.19. The van der Waals surface area contributed by atoms with Crippen LogP contribution in [0, 0.1) is 0 Å². The summed E-state index contributed by atoms with van der Waals surface area (Å²) in [6.45, 7) is 1.57. The van der Waals surface area contributed by atoms with Crippen LogP contribution in [0.25, 0.3) is 10.4 Å². The van der Waals surface area contributed by atoms with Gasteiger partial charge < -0.3 is 20.1 Å². The van der Waals surface area contributed by atoms with Gasteiger partial charge in [0.1, 0.15) is 19.8 Å². The Labute approximate surface area is 200 Å². The van der Waals surface area contributed by atoms with Crippen molar-refractivity contribution in [1.82, 2.24) is 15.1 Å². The van der Waals surface area contributed by atoms with Gasteiger partial charge in [0.15, 0.2) is 11.5 Å². The summed E-state index contributed by atoms with van der Waals surface area (Å²) in [5.74, 6) is 1.14. The molecule has 2 aromatic carbocycles. The highest BCUT2D eigenvalue weighted by Crippen LogP contribution is 2.36. The summed E-state index contributed by atoms with van der Waals surface area (Å²) in [6.07, 6.45) is 3.36. The minimum absolute atomic E-state index is 0.137. The van der Waals surface area contributed by atoms with Gasteiger partial charge >= 0.3 is 0 Å². The molecule has 1 aliphatic heterocycles. The first kappa shape index (κ1) is 21.7. The van der Waals surface area contributed by atoms with Crippen molar-refractivity contribution in [1.29, 1.82) is 0 Å². The molecule has 0 fully saturated rings. The number of hydrogen-bond acceptors (Lipinski definition) is 6. The van der Waals surface area contributed by atoms with Crippen molar-refractivity contribution in [2.75, 3.05) is 18.5 Å². The molecular formula is C25H22N4O4S. The standard InChI is InChI=1S/C25H22N4O4S/c30-24(16-29-10-2-9-27-29)28-19-4-1-3-17(13-19)15-26-25(31)23-8-7-22(34-23)18-5-6-20-21(14-18)33-12-11-32-20/h1-10,13-14H,11-12,15-16H2,(H,26,31)(H,28,30). The zero-order valence-electron chi connectivity index (χ0n) is 18.2. The molecular weight excluding hydrogens is 452 g/mol. The molecule has 1 aliphatic rings. The zero-order chi connectivity index (χ0) is 23.3. The molecule has 2 aromatic heterocycles. The molecule has 4 aromatic rings. The Bertz CT molecular complexity index is 1320. The van der Waals surface area contributed by atoms with Crippen molar-refractivity contribution < 1.29 is 19.1 Å². The largest absolute Gasteiger partial charge is 0.486 e. The number of anilines is 1. The van der Waals surface area contributed by atoms with E-state index in [1.54, 1.807) is 23.1 Å². The fourth-order valence-corrected chi connectivity index (χ4v) is 4.50. The van der Waals surface area contributed by atoms with E-state index in [0.717, 1.165) is 27.5 Å². The van der Waals surface area contributed by atoms with Crippen LogP contribution in [0.15, 0.2) is 73.1 Å². The lowest BCUT2D eigenvalue weighted by Gasteiger charge is -2.18. The predicted molar refractivity (Wildman–Crippen MR) is 129 cm³/mol. The fourth-order valence-electron chi connectivity index (χ4n) is 3.58. The lowest BCUT2D eigenvalue weighted by atomic mass is 10.1. The minimum atomic E-state index is -0.171. The molecule has 2 amide bonds. The van der Waals surface area contributed by atoms with Crippen molar-refractivity contribution in [2.24, 2.45) is 0 Å². The first-order chi connectivity index (χ1) is 16.6. The van der Waals surface area contributed by atoms with E-state index in [4.69, 9.17) is 9.47 Å². The molecule has 9 heteroatoms. The number of carbonyl (C=O) groups is 2. The summed E-state index contributed by atoms with van der Waals surface area (Å²) in [4.78, 5) is 26.5. The van der Waals surface area contributed by atoms with Gasteiger partial charge in [-0.05, 0) is 59.7 Å². The number of benzene rings is 2. The quantitative estimate of drug-likeness (QED) is 0.423. The number of ether oxygens (including phenoxy) is 2. The smallest absolute Gasteiger partial charge is 0.261 e. The molecule has 172 valence electrons. The highest BCUT2D eigenvalue weighted by Gasteiger charge is 2.15. The summed E-state index contributed by atoms with van der Waals surface area (Å²) < 4.78 is 12.8. The number of fused-ring (bicyclic) bond motifs is 1. The molecule has 0 spiro atoms. The van der Waals surface area contributed by atoms with Gasteiger partial charge in [0.05, 0.1) is 4.88 Å². The van der Waals surface area contributed by atoms with Crippen molar-refractivity contribution in [3.05, 3.63) is 83.5 Å². The Balaban J connectivity index is 1.18. The molecule has 0 unspecified atom stereocenters. The lowest BCUT2D eigenvalue weighted by molar-refractivity contribution is -0.116. The van der Waals surface area contributed by atoms with Crippen LogP contribution >= 0.6 is 11.3 Å². The number of hydrogen-bond donors (Lipinski definition) is 2. The maximum Gasteiger partial charge on any atom is 0.261 e. The lowest BCUT2D eigenvalue weighted by Crippen LogP contribution is -2.22. The normalized spacial score (nSPS) is 12.2. The van der Waals surface area contributed by atoms with Crippen LogP contribution in [0.2, 0.25) is 0 Å². The second-order valence-corrected chi connectivity index (χ2v) is 8.74. The maximum absolute atomic E-state index is 12.7. The van der Waals surface area contributed by atoms with Crippen LogP contribution < -0.4 is 20.1 Å². The molecule has 8 nitrogen and oxygen atoms in total. The van der Waals surface area contributed by atoms with Gasteiger partial charge in [-0.25, -0.2) is 0 Å². The number of nitrogens with one attached hydrogen (secondary N) is 2. The Morgan fingerprint density at radius 1 is 1.00 bits per heavy atom. The number of nitrogens with zero attached hydrogens (tertiary/aromatic N) is 2. The molecule has 0 bridgehead atoms. The Hall–Kier alpha value is -4.11. The molecule has 0 atom stereocenters. The van der Waals surface area contributed by atoms with Crippen LogP contribution in [-0.2, 0) is 17.9 Å². The number of aromatic nitrogens is 2. The summed E-state index contributed by atoms with van der Waals surface area (Å²) in [5, 5.41) is 9.83. The van der Waals surface area contributed by atoms with E-state index in [0.29, 0.717) is 30.3 Å². The number of rotatable bonds is 7. The zero-order valence-corrected chi connectivity index (χ0v) is 19.0. The average molecular weight is 475 g/mol. The maximum atomic E-state index is 12.7. The Morgan fingerprint density at radius 3 is 2.74 bits per heavy atom. The van der Waals surface area contributed by atoms with E-state index >= 15 is 0 Å². The van der Waals surface area contributed by atoms with Gasteiger partial charge in [-0.3, -0.25) is 14.3 Å². The average Bonchev–Trinajstić information content (AvgIpc) is 3.55. The van der Waals surface area contributed by atoms with Crippen LogP contribution in [0.4, 0.5) is 5.69 Å². The third kappa shape index (κ3) is 5.10. The monoisotopic (exact) mass is 474 g/mol. The number of amides is 2. The van der Waals surface area contributed by atoms with Crippen LogP contribution in [0.1, 0.15) is 15.2 Å². The van der Waals surface area contributed by atoms with Crippen molar-refractivity contribution in [2.45, 2.75) is 13.1 Å². The molecule has 34 heavy (non-hydrogen) atoms. The van der Waals surface area contributed by atoms with Gasteiger partial charge in [-0.15, -0.1) is 11.3 Å². The summed E-state index contributed by atoms with van der Waals surface area (Å²) in [7, 11) is 0. The minimum Gasteiger partial charge on any atom is -0.486 e. The van der Waals surface area contributed by atoms with Gasteiger partial charge in [0, 0.05) is 29.5 Å². The van der Waals surface area contributed by atoms with Crippen LogP contribution in [0.3, 0.4) is 0 Å². The van der Waals surface area contributed by atoms with E-state index in [1.165, 1.54) is 11.3 Å². The molecule has 0 radical (unpaired) electrons. The second kappa shape index (κ2) is 9.80. The molecule has 5 rings (SSSR count). The van der Waals surface area contributed by atoms with E-state index in [9.17, 15) is 9.59 Å². The molecule has 3 heterocycles. The number of thiophene rings is 1. The Morgan fingerprint density at radius 2 is 1.88 bits per heavy atom. The highest BCUT2D eigenvalue weighted by atomic mass is 32.1. The van der Waals surface area contributed by atoms with Gasteiger partial charge in [-0.1, -0.05) is 12.1 Å². The van der Waals surface area contributed by atoms with Crippen LogP contribution in [-0.4, -0.2) is 34.8 Å². The fraction of sp³-hybridized carbons (Fsp3) is 0.160. The SMILES string of the molecule is O=C(Cn1cccn1)Nc1cccc(CNC(=O)c2ccc(-c3ccc4c(c3)OCCO4)s2)c1. The first-order valence-electron chi connectivity index (χ1n) is 10.8. The van der Waals surface area contributed by atoms with Crippen LogP contribution in [0.5, 0.6) is 11.5 Å². The molecule has 0 aliphatic carbocycles. The van der Waals surface area contributed by atoms with E-state index in [-0.39, 0.29) is 18.4 Å². The summed E-state index contributed by atoms with van der Waals surface area (Å²) in [5.41, 5.74) is 2.53. The second-order valence-electron chi connectivity index (χ2n) is 7.66. The van der Waals surface area contributed by atoms with Gasteiger partial charge in [-0.2, -0.15) is 5.10 Å². The molecule has 0 saturated heterocycles. The Kier molecular flexibility index (Phi) is 6.26. The molecule has 0 saturated carbocycles. The predicted octanol–water partition coefficient (Wildman–Crippen LogP) is 3.95. The van der Waals surface area contributed by atoms with Gasteiger partial charge in [0.2, 0.25) is 5.91 Å². The third-order valence-corrected chi connectivity index (χ3v) is 6.32. The summed E-state index contributed by atoms with van der Waals surface area (Å²) >= 11 is 1.42. The van der Waals surface area contributed by atoms with Gasteiger partial charge in [0.25, 0.3) is 5.91 Å².